The van der Waals surface area contributed by atoms with E-state index in [1.165, 1.54) is 0 Å². The molecule has 0 aromatic heterocycles. The van der Waals surface area contributed by atoms with E-state index in [-0.39, 0.29) is 17.5 Å². The van der Waals surface area contributed by atoms with E-state index in [1.807, 2.05) is 24.3 Å². The molecule has 3 rings (SSSR count). The van der Waals surface area contributed by atoms with Crippen LogP contribution >= 0.6 is 0 Å². The number of likely N-dealkylation sites (N-methyl/N-ethyl adjacent to an activating group) is 1. The predicted octanol–water partition coefficient (Wildman–Crippen LogP) is 3.69. The van der Waals surface area contributed by atoms with Gasteiger partial charge in [-0.2, -0.15) is 0 Å². The molecule has 1 aromatic carbocycles. The fourth-order valence-electron chi connectivity index (χ4n) is 4.18. The Balaban J connectivity index is 1.65. The van der Waals surface area contributed by atoms with Gasteiger partial charge in [-0.1, -0.05) is 26.0 Å². The summed E-state index contributed by atoms with van der Waals surface area (Å²) < 4.78 is 0. The van der Waals surface area contributed by atoms with Gasteiger partial charge in [-0.15, -0.1) is 0 Å². The van der Waals surface area contributed by atoms with Crippen LogP contribution in [0.15, 0.2) is 35.5 Å². The van der Waals surface area contributed by atoms with Crippen molar-refractivity contribution in [2.24, 2.45) is 11.1 Å². The molecule has 0 radical (unpaired) electrons. The number of nitrogens with one attached hydrogen (secondary N) is 3. The highest BCUT2D eigenvalue weighted by molar-refractivity contribution is 6.11. The number of hydrogen-bond acceptors (Lipinski definition) is 4. The lowest BCUT2D eigenvalue weighted by molar-refractivity contribution is 0.216. The summed E-state index contributed by atoms with van der Waals surface area (Å²) in [6, 6.07) is 7.47. The number of rotatable bonds is 4. The lowest BCUT2D eigenvalue weighted by Crippen LogP contribution is -2.47. The molecular formula is C22H33N5O. The second kappa shape index (κ2) is 8.35. The van der Waals surface area contributed by atoms with Crippen molar-refractivity contribution in [3.8, 4) is 0 Å². The number of amides is 2. The maximum atomic E-state index is 12.4. The second-order valence-electron chi connectivity index (χ2n) is 9.00. The van der Waals surface area contributed by atoms with Gasteiger partial charge in [0.15, 0.2) is 0 Å². The Morgan fingerprint density at radius 1 is 1.36 bits per heavy atom. The topological polar surface area (TPSA) is 94.2 Å². The van der Waals surface area contributed by atoms with Gasteiger partial charge in [-0.05, 0) is 68.8 Å². The molecule has 2 aliphatic rings. The van der Waals surface area contributed by atoms with Crippen molar-refractivity contribution < 1.29 is 4.79 Å². The molecule has 0 saturated carbocycles. The Labute approximate surface area is 168 Å². The van der Waals surface area contributed by atoms with Crippen LogP contribution in [0.1, 0.15) is 51.5 Å². The van der Waals surface area contributed by atoms with Crippen LogP contribution in [0, 0.1) is 10.8 Å². The highest BCUT2D eigenvalue weighted by atomic mass is 16.2. The molecule has 5 N–H and O–H groups in total. The number of urea groups is 1. The largest absolute Gasteiger partial charge is 0.402 e. The lowest BCUT2D eigenvalue weighted by atomic mass is 9.75. The van der Waals surface area contributed by atoms with E-state index in [1.54, 1.807) is 0 Å². The number of allylic oxidation sites excluding steroid dienone is 2. The first-order chi connectivity index (χ1) is 13.2. The quantitative estimate of drug-likeness (QED) is 0.597. The minimum atomic E-state index is -0.192. The summed E-state index contributed by atoms with van der Waals surface area (Å²) in [4.78, 5) is 14.6. The molecule has 6 nitrogen and oxygen atoms in total. The Morgan fingerprint density at radius 3 is 2.86 bits per heavy atom. The van der Waals surface area contributed by atoms with Gasteiger partial charge in [-0.25, -0.2) is 4.79 Å². The minimum absolute atomic E-state index is 0.177. The van der Waals surface area contributed by atoms with E-state index in [4.69, 9.17) is 11.1 Å². The summed E-state index contributed by atoms with van der Waals surface area (Å²) in [5, 5.41) is 14.6. The van der Waals surface area contributed by atoms with Crippen LogP contribution in [0.25, 0.3) is 0 Å². The third-order valence-electron chi connectivity index (χ3n) is 5.78. The molecule has 1 saturated heterocycles. The Morgan fingerprint density at radius 2 is 2.14 bits per heavy atom. The SMILES string of the molecule is CN1CCCC(NC(=O)Nc2cccc(C(=N)C3=C(N)CC(C)(C)CC3)c2)C1. The van der Waals surface area contributed by atoms with Crippen molar-refractivity contribution in [3.63, 3.8) is 0 Å². The summed E-state index contributed by atoms with van der Waals surface area (Å²) in [6.07, 6.45) is 4.78. The van der Waals surface area contributed by atoms with E-state index in [2.05, 4.69) is 36.4 Å². The molecule has 6 heteroatoms. The fourth-order valence-corrected chi connectivity index (χ4v) is 4.18. The average molecular weight is 384 g/mol. The lowest BCUT2D eigenvalue weighted by Gasteiger charge is -2.32. The number of benzene rings is 1. The first-order valence-corrected chi connectivity index (χ1v) is 10.2. The first-order valence-electron chi connectivity index (χ1n) is 10.2. The van der Waals surface area contributed by atoms with Crippen LogP contribution in [0.4, 0.5) is 10.5 Å². The van der Waals surface area contributed by atoms with E-state index >= 15 is 0 Å². The zero-order chi connectivity index (χ0) is 20.3. The summed E-state index contributed by atoms with van der Waals surface area (Å²) in [5.41, 5.74) is 10.2. The van der Waals surface area contributed by atoms with Crippen molar-refractivity contribution in [1.29, 1.82) is 5.41 Å². The van der Waals surface area contributed by atoms with Crippen LogP contribution in [0.3, 0.4) is 0 Å². The number of hydrogen-bond donors (Lipinski definition) is 4. The number of nitrogens with two attached hydrogens (primary N) is 1. The van der Waals surface area contributed by atoms with Gasteiger partial charge in [0.2, 0.25) is 0 Å². The van der Waals surface area contributed by atoms with Crippen LogP contribution in [0.5, 0.6) is 0 Å². The van der Waals surface area contributed by atoms with E-state index < -0.39 is 0 Å². The monoisotopic (exact) mass is 383 g/mol. The molecule has 1 atom stereocenters. The minimum Gasteiger partial charge on any atom is -0.402 e. The molecule has 0 spiro atoms. The molecule has 1 aliphatic carbocycles. The summed E-state index contributed by atoms with van der Waals surface area (Å²) >= 11 is 0. The molecule has 1 aliphatic heterocycles. The molecule has 28 heavy (non-hydrogen) atoms. The maximum absolute atomic E-state index is 12.4. The number of likely N-dealkylation sites (tertiary alicyclic amines) is 1. The average Bonchev–Trinajstić information content (AvgIpc) is 2.60. The normalized spacial score (nSPS) is 22.6. The second-order valence-corrected chi connectivity index (χ2v) is 9.00. The molecule has 1 unspecified atom stereocenters. The van der Waals surface area contributed by atoms with Gasteiger partial charge < -0.3 is 21.3 Å². The molecule has 1 heterocycles. The summed E-state index contributed by atoms with van der Waals surface area (Å²) in [7, 11) is 2.08. The number of nitrogens with zero attached hydrogens (tertiary/aromatic N) is 1. The smallest absolute Gasteiger partial charge is 0.319 e. The van der Waals surface area contributed by atoms with Crippen LogP contribution < -0.4 is 16.4 Å². The Kier molecular flexibility index (Phi) is 6.08. The third-order valence-corrected chi connectivity index (χ3v) is 5.78. The van der Waals surface area contributed by atoms with Crippen LogP contribution in [0.2, 0.25) is 0 Å². The zero-order valence-corrected chi connectivity index (χ0v) is 17.3. The van der Waals surface area contributed by atoms with Crippen molar-refractivity contribution in [1.82, 2.24) is 10.2 Å². The molecule has 1 fully saturated rings. The number of anilines is 1. The van der Waals surface area contributed by atoms with E-state index in [0.29, 0.717) is 11.4 Å². The third kappa shape index (κ3) is 5.13. The summed E-state index contributed by atoms with van der Waals surface area (Å²) in [6.45, 7) is 6.39. The molecule has 1 aromatic rings. The maximum Gasteiger partial charge on any atom is 0.319 e. The van der Waals surface area contributed by atoms with Gasteiger partial charge in [0.1, 0.15) is 0 Å². The molecule has 2 amide bonds. The predicted molar refractivity (Wildman–Crippen MR) is 115 cm³/mol. The molecular weight excluding hydrogens is 350 g/mol. The molecule has 152 valence electrons. The standard InChI is InChI=1S/C22H33N5O/c1-22(2)10-9-18(19(23)13-22)20(24)15-6-4-7-16(12-15)25-21(28)26-17-8-5-11-27(3)14-17/h4,6-7,12,17,24H,5,8-11,13-14,23H2,1-3H3,(H2,25,26,28). The van der Waals surface area contributed by atoms with Gasteiger partial charge in [-0.3, -0.25) is 5.41 Å². The Bertz CT molecular complexity index is 783. The van der Waals surface area contributed by atoms with Gasteiger partial charge in [0, 0.05) is 29.5 Å². The van der Waals surface area contributed by atoms with Crippen molar-refractivity contribution in [2.45, 2.75) is 52.0 Å². The first kappa shape index (κ1) is 20.4. The summed E-state index contributed by atoms with van der Waals surface area (Å²) in [5.74, 6) is 0. The number of carbonyl (C=O) groups is 1. The fraction of sp³-hybridized carbons (Fsp3) is 0.545. The van der Waals surface area contributed by atoms with Crippen molar-refractivity contribution in [2.75, 3.05) is 25.5 Å². The number of piperidine rings is 1. The zero-order valence-electron chi connectivity index (χ0n) is 17.3. The van der Waals surface area contributed by atoms with Gasteiger partial charge in [0.05, 0.1) is 5.71 Å². The number of carbonyl (C=O) groups excluding carboxylic acids is 1. The van der Waals surface area contributed by atoms with Crippen molar-refractivity contribution >= 4 is 17.4 Å². The van der Waals surface area contributed by atoms with Crippen molar-refractivity contribution in [3.05, 3.63) is 41.1 Å². The Hall–Kier alpha value is -2.34. The van der Waals surface area contributed by atoms with E-state index in [9.17, 15) is 4.79 Å². The van der Waals surface area contributed by atoms with Gasteiger partial charge in [0.25, 0.3) is 0 Å². The highest BCUT2D eigenvalue weighted by Crippen LogP contribution is 2.37. The molecule has 0 bridgehead atoms. The van der Waals surface area contributed by atoms with Crippen LogP contribution in [-0.2, 0) is 0 Å². The van der Waals surface area contributed by atoms with E-state index in [0.717, 1.165) is 62.0 Å². The van der Waals surface area contributed by atoms with Gasteiger partial charge >= 0.3 is 6.03 Å². The van der Waals surface area contributed by atoms with Crippen LogP contribution in [-0.4, -0.2) is 42.8 Å². The highest BCUT2D eigenvalue weighted by Gasteiger charge is 2.27.